The summed E-state index contributed by atoms with van der Waals surface area (Å²) in [4.78, 5) is 15.5. The molecule has 1 amide bonds. The number of hydrogen-bond donors (Lipinski definition) is 1. The minimum Gasteiger partial charge on any atom is -0.364 e. The molecule has 0 bridgehead atoms. The van der Waals surface area contributed by atoms with Crippen molar-refractivity contribution in [2.75, 3.05) is 0 Å². The van der Waals surface area contributed by atoms with Gasteiger partial charge in [0.2, 0.25) is 0 Å². The van der Waals surface area contributed by atoms with E-state index in [1.54, 1.807) is 24.4 Å². The summed E-state index contributed by atoms with van der Waals surface area (Å²) in [6.45, 7) is 0. The van der Waals surface area contributed by atoms with E-state index in [2.05, 4.69) is 4.98 Å². The molecule has 5 heteroatoms. The van der Waals surface area contributed by atoms with E-state index in [4.69, 9.17) is 28.9 Å². The zero-order valence-electron chi connectivity index (χ0n) is 10.8. The van der Waals surface area contributed by atoms with Gasteiger partial charge < -0.3 is 5.73 Å². The number of benzene rings is 2. The third-order valence-corrected chi connectivity index (χ3v) is 3.80. The average Bonchev–Trinajstić information content (AvgIpc) is 2.48. The van der Waals surface area contributed by atoms with Gasteiger partial charge in [-0.05, 0) is 41.3 Å². The molecule has 0 saturated carbocycles. The van der Waals surface area contributed by atoms with Crippen LogP contribution in [0.3, 0.4) is 0 Å². The van der Waals surface area contributed by atoms with Gasteiger partial charge in [-0.25, -0.2) is 0 Å². The molecule has 0 spiro atoms. The highest BCUT2D eigenvalue weighted by atomic mass is 35.5. The predicted molar refractivity (Wildman–Crippen MR) is 85.7 cm³/mol. The molecule has 2 aromatic carbocycles. The Morgan fingerprint density at radius 3 is 2.62 bits per heavy atom. The molecule has 3 nitrogen and oxygen atoms in total. The Morgan fingerprint density at radius 2 is 1.86 bits per heavy atom. The summed E-state index contributed by atoms with van der Waals surface area (Å²) in [5, 5.41) is 2.76. The second-order valence-electron chi connectivity index (χ2n) is 4.58. The molecule has 2 N–H and O–H groups in total. The standard InChI is InChI=1S/C16H10Cl2N2O/c17-11-3-4-14(18)12(8-11)10-2-1-9-5-6-20-15(16(19)21)13(9)7-10/h1-8H,(H2,19,21). The fourth-order valence-electron chi connectivity index (χ4n) is 2.25. The minimum atomic E-state index is -0.560. The first-order chi connectivity index (χ1) is 10.1. The number of pyridine rings is 1. The van der Waals surface area contributed by atoms with Crippen molar-refractivity contribution in [3.63, 3.8) is 0 Å². The maximum absolute atomic E-state index is 11.5. The number of primary amides is 1. The molecule has 1 heterocycles. The van der Waals surface area contributed by atoms with Crippen LogP contribution in [-0.2, 0) is 0 Å². The van der Waals surface area contributed by atoms with Crippen LogP contribution >= 0.6 is 23.2 Å². The lowest BCUT2D eigenvalue weighted by molar-refractivity contribution is 0.0997. The van der Waals surface area contributed by atoms with E-state index in [1.165, 1.54) is 0 Å². The van der Waals surface area contributed by atoms with Crippen LogP contribution in [0.1, 0.15) is 10.5 Å². The van der Waals surface area contributed by atoms with Gasteiger partial charge in [-0.15, -0.1) is 0 Å². The molecular weight excluding hydrogens is 307 g/mol. The third kappa shape index (κ3) is 2.58. The average molecular weight is 317 g/mol. The number of rotatable bonds is 2. The van der Waals surface area contributed by atoms with Gasteiger partial charge in [0.05, 0.1) is 0 Å². The van der Waals surface area contributed by atoms with Crippen molar-refractivity contribution in [2.24, 2.45) is 5.73 Å². The molecule has 3 rings (SSSR count). The topological polar surface area (TPSA) is 56.0 Å². The molecule has 0 unspecified atom stereocenters. The Balaban J connectivity index is 2.28. The summed E-state index contributed by atoms with van der Waals surface area (Å²) >= 11 is 12.2. The molecule has 0 aliphatic heterocycles. The van der Waals surface area contributed by atoms with Crippen molar-refractivity contribution in [1.82, 2.24) is 4.98 Å². The number of nitrogens with two attached hydrogens (primary N) is 1. The van der Waals surface area contributed by atoms with Crippen LogP contribution < -0.4 is 5.73 Å². The van der Waals surface area contributed by atoms with E-state index >= 15 is 0 Å². The van der Waals surface area contributed by atoms with E-state index < -0.39 is 5.91 Å². The van der Waals surface area contributed by atoms with Crippen LogP contribution in [0, 0.1) is 0 Å². The molecule has 0 atom stereocenters. The summed E-state index contributed by atoms with van der Waals surface area (Å²) in [5.74, 6) is -0.560. The zero-order chi connectivity index (χ0) is 15.0. The van der Waals surface area contributed by atoms with Crippen LogP contribution in [0.15, 0.2) is 48.7 Å². The van der Waals surface area contributed by atoms with Gasteiger partial charge in [0.15, 0.2) is 0 Å². The number of carbonyl (C=O) groups is 1. The van der Waals surface area contributed by atoms with Gasteiger partial charge in [-0.2, -0.15) is 0 Å². The van der Waals surface area contributed by atoms with Crippen molar-refractivity contribution < 1.29 is 4.79 Å². The lowest BCUT2D eigenvalue weighted by Gasteiger charge is -2.08. The summed E-state index contributed by atoms with van der Waals surface area (Å²) in [6, 6.07) is 12.7. The fraction of sp³-hybridized carbons (Fsp3) is 0. The van der Waals surface area contributed by atoms with Crippen molar-refractivity contribution in [3.8, 4) is 11.1 Å². The first-order valence-electron chi connectivity index (χ1n) is 6.20. The Labute approximate surface area is 131 Å². The highest BCUT2D eigenvalue weighted by Gasteiger charge is 2.11. The van der Waals surface area contributed by atoms with E-state index in [1.807, 2.05) is 24.3 Å². The Morgan fingerprint density at radius 1 is 1.05 bits per heavy atom. The van der Waals surface area contributed by atoms with Crippen molar-refractivity contribution in [1.29, 1.82) is 0 Å². The Bertz CT molecular complexity index is 862. The quantitative estimate of drug-likeness (QED) is 0.766. The molecule has 0 aliphatic rings. The van der Waals surface area contributed by atoms with Crippen LogP contribution in [0.5, 0.6) is 0 Å². The van der Waals surface area contributed by atoms with E-state index in [9.17, 15) is 4.79 Å². The Hall–Kier alpha value is -2.10. The molecule has 0 radical (unpaired) electrons. The molecule has 0 fully saturated rings. The lowest BCUT2D eigenvalue weighted by atomic mass is 10.0. The maximum atomic E-state index is 11.5. The van der Waals surface area contributed by atoms with Crippen molar-refractivity contribution >= 4 is 39.9 Å². The second-order valence-corrected chi connectivity index (χ2v) is 5.43. The Kier molecular flexibility index (Phi) is 3.53. The number of carbonyl (C=O) groups excluding carboxylic acids is 1. The first-order valence-corrected chi connectivity index (χ1v) is 6.96. The summed E-state index contributed by atoms with van der Waals surface area (Å²) in [7, 11) is 0. The van der Waals surface area contributed by atoms with Gasteiger partial charge >= 0.3 is 0 Å². The van der Waals surface area contributed by atoms with E-state index in [0.717, 1.165) is 16.5 Å². The molecule has 21 heavy (non-hydrogen) atoms. The smallest absolute Gasteiger partial charge is 0.267 e. The van der Waals surface area contributed by atoms with Gasteiger partial charge in [0.1, 0.15) is 5.69 Å². The number of halogens is 2. The predicted octanol–water partition coefficient (Wildman–Crippen LogP) is 4.31. The van der Waals surface area contributed by atoms with Crippen LogP contribution in [0.4, 0.5) is 0 Å². The second kappa shape index (κ2) is 5.35. The molecule has 104 valence electrons. The highest BCUT2D eigenvalue weighted by molar-refractivity contribution is 6.35. The molecule has 1 aromatic heterocycles. The number of aromatic nitrogens is 1. The fourth-order valence-corrected chi connectivity index (χ4v) is 2.65. The van der Waals surface area contributed by atoms with E-state index in [-0.39, 0.29) is 5.69 Å². The largest absolute Gasteiger partial charge is 0.364 e. The summed E-state index contributed by atoms with van der Waals surface area (Å²) in [5.41, 5.74) is 7.27. The zero-order valence-corrected chi connectivity index (χ0v) is 12.3. The van der Waals surface area contributed by atoms with E-state index in [0.29, 0.717) is 15.4 Å². The maximum Gasteiger partial charge on any atom is 0.267 e. The summed E-state index contributed by atoms with van der Waals surface area (Å²) < 4.78 is 0. The normalized spacial score (nSPS) is 10.8. The van der Waals surface area contributed by atoms with Crippen LogP contribution in [-0.4, -0.2) is 10.9 Å². The number of fused-ring (bicyclic) bond motifs is 1. The number of amides is 1. The van der Waals surface area contributed by atoms with Gasteiger partial charge in [0, 0.05) is 27.2 Å². The number of hydrogen-bond acceptors (Lipinski definition) is 2. The van der Waals surface area contributed by atoms with Gasteiger partial charge in [-0.1, -0.05) is 35.3 Å². The first kappa shape index (κ1) is 13.9. The molecular formula is C16H10Cl2N2O. The monoisotopic (exact) mass is 316 g/mol. The van der Waals surface area contributed by atoms with Crippen LogP contribution in [0.2, 0.25) is 10.0 Å². The van der Waals surface area contributed by atoms with Crippen molar-refractivity contribution in [2.45, 2.75) is 0 Å². The lowest BCUT2D eigenvalue weighted by Crippen LogP contribution is -2.13. The molecule has 3 aromatic rings. The molecule has 0 saturated heterocycles. The highest BCUT2D eigenvalue weighted by Crippen LogP contribution is 2.32. The third-order valence-electron chi connectivity index (χ3n) is 3.24. The SMILES string of the molecule is NC(=O)c1nccc2ccc(-c3cc(Cl)ccc3Cl)cc12. The van der Waals surface area contributed by atoms with Gasteiger partial charge in [-0.3, -0.25) is 9.78 Å². The molecule has 0 aliphatic carbocycles. The van der Waals surface area contributed by atoms with Gasteiger partial charge in [0.25, 0.3) is 5.91 Å². The minimum absolute atomic E-state index is 0.243. The summed E-state index contributed by atoms with van der Waals surface area (Å²) in [6.07, 6.45) is 1.56. The van der Waals surface area contributed by atoms with Crippen LogP contribution in [0.25, 0.3) is 21.9 Å². The number of nitrogens with zero attached hydrogens (tertiary/aromatic N) is 1. The van der Waals surface area contributed by atoms with Crippen molar-refractivity contribution in [3.05, 3.63) is 64.4 Å².